The fourth-order valence-corrected chi connectivity index (χ4v) is 2.12. The number of aliphatic hydroxyl groups excluding tert-OH is 1. The Balaban J connectivity index is 1.93. The van der Waals surface area contributed by atoms with Crippen LogP contribution >= 0.6 is 0 Å². The fraction of sp³-hybridized carbons (Fsp3) is 0.533. The summed E-state index contributed by atoms with van der Waals surface area (Å²) in [6.45, 7) is 0.952. The number of benzene rings is 1. The first-order chi connectivity index (χ1) is 9.11. The van der Waals surface area contributed by atoms with Crippen LogP contribution in [0.25, 0.3) is 0 Å². The van der Waals surface area contributed by atoms with E-state index in [2.05, 4.69) is 0 Å². The lowest BCUT2D eigenvalue weighted by molar-refractivity contribution is 0.0645. The number of hydrogen-bond acceptors (Lipinski definition) is 3. The average molecular weight is 263 g/mol. The molecule has 0 bridgehead atoms. The van der Waals surface area contributed by atoms with E-state index in [1.54, 1.807) is 31.2 Å². The van der Waals surface area contributed by atoms with E-state index >= 15 is 0 Å². The summed E-state index contributed by atoms with van der Waals surface area (Å²) in [5.41, 5.74) is 1.69. The molecule has 1 fully saturated rings. The zero-order valence-electron chi connectivity index (χ0n) is 11.5. The van der Waals surface area contributed by atoms with E-state index in [9.17, 15) is 9.90 Å². The third-order valence-corrected chi connectivity index (χ3v) is 3.49. The van der Waals surface area contributed by atoms with Crippen LogP contribution in [0, 0.1) is 5.92 Å². The number of nitrogens with zero attached hydrogens (tertiary/aromatic N) is 1. The van der Waals surface area contributed by atoms with Crippen molar-refractivity contribution in [3.63, 3.8) is 0 Å². The van der Waals surface area contributed by atoms with Gasteiger partial charge in [-0.3, -0.25) is 4.79 Å². The number of amides is 1. The number of hydrogen-bond donors (Lipinski definition) is 1. The molecule has 4 heteroatoms. The molecule has 4 nitrogen and oxygen atoms in total. The van der Waals surface area contributed by atoms with Crippen LogP contribution in [0.4, 0.5) is 0 Å². The number of aliphatic hydroxyl groups is 1. The van der Waals surface area contributed by atoms with Gasteiger partial charge in [-0.25, -0.2) is 0 Å². The van der Waals surface area contributed by atoms with Crippen LogP contribution in [0.15, 0.2) is 24.3 Å². The van der Waals surface area contributed by atoms with Crippen LogP contribution < -0.4 is 0 Å². The molecule has 0 spiro atoms. The SMILES string of the molecule is COCc1ccc(C(=O)N(C)CC(O)C2CC2)cc1. The smallest absolute Gasteiger partial charge is 0.253 e. The van der Waals surface area contributed by atoms with Gasteiger partial charge in [0, 0.05) is 26.3 Å². The Kier molecular flexibility index (Phi) is 4.56. The second-order valence-electron chi connectivity index (χ2n) is 5.22. The minimum absolute atomic E-state index is 0.0522. The summed E-state index contributed by atoms with van der Waals surface area (Å²) < 4.78 is 5.03. The largest absolute Gasteiger partial charge is 0.391 e. The molecule has 1 amide bonds. The van der Waals surface area contributed by atoms with Crippen molar-refractivity contribution in [1.82, 2.24) is 4.90 Å². The summed E-state index contributed by atoms with van der Waals surface area (Å²) in [6.07, 6.45) is 1.77. The normalized spacial score (nSPS) is 16.2. The van der Waals surface area contributed by atoms with E-state index in [1.807, 2.05) is 12.1 Å². The fourth-order valence-electron chi connectivity index (χ4n) is 2.12. The summed E-state index contributed by atoms with van der Waals surface area (Å²) in [7, 11) is 3.38. The topological polar surface area (TPSA) is 49.8 Å². The van der Waals surface area contributed by atoms with Gasteiger partial charge in [0.15, 0.2) is 0 Å². The molecule has 1 saturated carbocycles. The first-order valence-electron chi connectivity index (χ1n) is 6.63. The molecule has 1 aromatic carbocycles. The molecule has 0 aromatic heterocycles. The molecule has 1 N–H and O–H groups in total. The molecule has 2 rings (SSSR count). The molecular formula is C15H21NO3. The van der Waals surface area contributed by atoms with Crippen molar-refractivity contribution in [2.45, 2.75) is 25.6 Å². The number of carbonyl (C=O) groups is 1. The van der Waals surface area contributed by atoms with E-state index < -0.39 is 0 Å². The zero-order chi connectivity index (χ0) is 13.8. The molecule has 1 aliphatic carbocycles. The highest BCUT2D eigenvalue weighted by molar-refractivity contribution is 5.94. The minimum atomic E-state index is -0.387. The van der Waals surface area contributed by atoms with Crippen molar-refractivity contribution in [3.8, 4) is 0 Å². The maximum absolute atomic E-state index is 12.2. The van der Waals surface area contributed by atoms with Gasteiger partial charge in [-0.2, -0.15) is 0 Å². The van der Waals surface area contributed by atoms with Crippen molar-refractivity contribution in [2.24, 2.45) is 5.92 Å². The lowest BCUT2D eigenvalue weighted by atomic mass is 10.1. The van der Waals surface area contributed by atoms with Crippen molar-refractivity contribution >= 4 is 5.91 Å². The number of likely N-dealkylation sites (N-methyl/N-ethyl adjacent to an activating group) is 1. The highest BCUT2D eigenvalue weighted by atomic mass is 16.5. The maximum atomic E-state index is 12.2. The lowest BCUT2D eigenvalue weighted by Gasteiger charge is -2.20. The van der Waals surface area contributed by atoms with Crippen LogP contribution in [0.1, 0.15) is 28.8 Å². The van der Waals surface area contributed by atoms with Gasteiger partial charge in [-0.05, 0) is 36.5 Å². The third-order valence-electron chi connectivity index (χ3n) is 3.49. The van der Waals surface area contributed by atoms with Gasteiger partial charge in [0.05, 0.1) is 12.7 Å². The summed E-state index contributed by atoms with van der Waals surface area (Å²) in [5, 5.41) is 9.86. The van der Waals surface area contributed by atoms with Gasteiger partial charge >= 0.3 is 0 Å². The molecule has 19 heavy (non-hydrogen) atoms. The summed E-state index contributed by atoms with van der Waals surface area (Å²) in [6, 6.07) is 7.39. The van der Waals surface area contributed by atoms with Gasteiger partial charge in [0.25, 0.3) is 5.91 Å². The first-order valence-corrected chi connectivity index (χ1v) is 6.63. The first kappa shape index (κ1) is 14.0. The maximum Gasteiger partial charge on any atom is 0.253 e. The molecule has 104 valence electrons. The van der Waals surface area contributed by atoms with Crippen molar-refractivity contribution < 1.29 is 14.6 Å². The molecule has 1 aliphatic rings. The standard InChI is InChI=1S/C15H21NO3/c1-16(9-14(17)12-7-8-12)15(18)13-5-3-11(4-6-13)10-19-2/h3-6,12,14,17H,7-10H2,1-2H3. The monoisotopic (exact) mass is 263 g/mol. The molecule has 0 aliphatic heterocycles. The second-order valence-corrected chi connectivity index (χ2v) is 5.22. The molecule has 0 saturated heterocycles. The number of carbonyl (C=O) groups excluding carboxylic acids is 1. The van der Waals surface area contributed by atoms with Crippen molar-refractivity contribution in [2.75, 3.05) is 20.7 Å². The predicted octanol–water partition coefficient (Wildman–Crippen LogP) is 1.68. The predicted molar refractivity (Wildman–Crippen MR) is 72.8 cm³/mol. The second kappa shape index (κ2) is 6.17. The van der Waals surface area contributed by atoms with Crippen LogP contribution in [-0.2, 0) is 11.3 Å². The Morgan fingerprint density at radius 3 is 2.58 bits per heavy atom. The molecule has 0 heterocycles. The van der Waals surface area contributed by atoms with E-state index in [4.69, 9.17) is 4.74 Å². The Bertz CT molecular complexity index is 426. The highest BCUT2D eigenvalue weighted by Crippen LogP contribution is 2.32. The molecular weight excluding hydrogens is 242 g/mol. The van der Waals surface area contributed by atoms with Crippen molar-refractivity contribution in [3.05, 3.63) is 35.4 Å². The zero-order valence-corrected chi connectivity index (χ0v) is 11.5. The van der Waals surface area contributed by atoms with Crippen LogP contribution in [0.5, 0.6) is 0 Å². The van der Waals surface area contributed by atoms with Crippen LogP contribution in [0.3, 0.4) is 0 Å². The van der Waals surface area contributed by atoms with E-state index in [1.165, 1.54) is 0 Å². The minimum Gasteiger partial charge on any atom is -0.391 e. The van der Waals surface area contributed by atoms with Gasteiger partial charge in [0.1, 0.15) is 0 Å². The molecule has 1 atom stereocenters. The summed E-state index contributed by atoms with van der Waals surface area (Å²) >= 11 is 0. The average Bonchev–Trinajstić information content (AvgIpc) is 3.23. The van der Waals surface area contributed by atoms with E-state index in [0.717, 1.165) is 18.4 Å². The van der Waals surface area contributed by atoms with E-state index in [0.29, 0.717) is 24.6 Å². The number of methoxy groups -OCH3 is 1. The van der Waals surface area contributed by atoms with E-state index in [-0.39, 0.29) is 12.0 Å². The van der Waals surface area contributed by atoms with Crippen LogP contribution in [-0.4, -0.2) is 42.7 Å². The molecule has 1 aromatic rings. The Morgan fingerprint density at radius 2 is 2.05 bits per heavy atom. The summed E-state index contributed by atoms with van der Waals surface area (Å²) in [4.78, 5) is 13.8. The molecule has 1 unspecified atom stereocenters. The Hall–Kier alpha value is -1.39. The van der Waals surface area contributed by atoms with Gasteiger partial charge in [-0.1, -0.05) is 12.1 Å². The van der Waals surface area contributed by atoms with Crippen LogP contribution in [0.2, 0.25) is 0 Å². The Labute approximate surface area is 114 Å². The number of ether oxygens (including phenoxy) is 1. The Morgan fingerprint density at radius 1 is 1.42 bits per heavy atom. The molecule has 0 radical (unpaired) electrons. The number of rotatable bonds is 6. The van der Waals surface area contributed by atoms with Gasteiger partial charge in [0.2, 0.25) is 0 Å². The van der Waals surface area contributed by atoms with Gasteiger partial charge in [-0.15, -0.1) is 0 Å². The quantitative estimate of drug-likeness (QED) is 0.849. The van der Waals surface area contributed by atoms with Crippen molar-refractivity contribution in [1.29, 1.82) is 0 Å². The van der Waals surface area contributed by atoms with Gasteiger partial charge < -0.3 is 14.7 Å². The summed E-state index contributed by atoms with van der Waals surface area (Å²) in [5.74, 6) is 0.336. The highest BCUT2D eigenvalue weighted by Gasteiger charge is 2.31. The lowest BCUT2D eigenvalue weighted by Crippen LogP contribution is -2.35. The third kappa shape index (κ3) is 3.78.